The molecule has 0 aliphatic heterocycles. The Bertz CT molecular complexity index is 446. The highest BCUT2D eigenvalue weighted by atomic mass is 31.3. The second-order valence-corrected chi connectivity index (χ2v) is 7.52. The molecule has 0 aromatic rings. The van der Waals surface area contributed by atoms with Crippen molar-refractivity contribution in [3.05, 3.63) is 23.3 Å². The zero-order valence-electron chi connectivity index (χ0n) is 12.1. The van der Waals surface area contributed by atoms with Gasteiger partial charge in [-0.25, -0.2) is 9.13 Å². The maximum Gasteiger partial charge on any atom is 0.483 e. The molecule has 2 N–H and O–H groups in total. The van der Waals surface area contributed by atoms with Crippen LogP contribution in [0.5, 0.6) is 0 Å². The van der Waals surface area contributed by atoms with Crippen LogP contribution in [0, 0.1) is 0 Å². The molecule has 1 unspecified atom stereocenters. The highest BCUT2D eigenvalue weighted by Crippen LogP contribution is 2.60. The molecular formula is C11H22O7P2. The molecule has 0 amide bonds. The Kier molecular flexibility index (Phi) is 8.79. The van der Waals surface area contributed by atoms with Gasteiger partial charge in [0.15, 0.2) is 0 Å². The van der Waals surface area contributed by atoms with Crippen molar-refractivity contribution < 1.29 is 32.3 Å². The average molecular weight is 328 g/mol. The molecular weight excluding hydrogens is 306 g/mol. The van der Waals surface area contributed by atoms with Crippen LogP contribution in [0.2, 0.25) is 0 Å². The van der Waals surface area contributed by atoms with Gasteiger partial charge in [-0.2, -0.15) is 4.31 Å². The van der Waals surface area contributed by atoms with Crippen LogP contribution in [0.4, 0.5) is 0 Å². The smallest absolute Gasteiger partial charge is 0.302 e. The number of phosphoric ester groups is 1. The van der Waals surface area contributed by atoms with E-state index in [2.05, 4.69) is 14.9 Å². The molecule has 0 spiro atoms. The van der Waals surface area contributed by atoms with E-state index in [1.165, 1.54) is 5.57 Å². The Morgan fingerprint density at radius 1 is 1.15 bits per heavy atom. The number of allylic oxidation sites excluding steroid dienone is 3. The maximum absolute atomic E-state index is 11.7. The summed E-state index contributed by atoms with van der Waals surface area (Å²) >= 11 is 0. The molecule has 0 aliphatic rings. The van der Waals surface area contributed by atoms with E-state index in [0.717, 1.165) is 25.5 Å². The first kappa shape index (κ1) is 19.7. The van der Waals surface area contributed by atoms with Gasteiger partial charge in [-0.15, -0.1) is 0 Å². The molecule has 0 radical (unpaired) electrons. The van der Waals surface area contributed by atoms with Gasteiger partial charge in [0.2, 0.25) is 0 Å². The fourth-order valence-corrected chi connectivity index (χ4v) is 3.06. The van der Waals surface area contributed by atoms with E-state index in [4.69, 9.17) is 14.3 Å². The Hall–Kier alpha value is -0.260. The Balaban J connectivity index is 4.34. The van der Waals surface area contributed by atoms with Gasteiger partial charge in [-0.1, -0.05) is 23.3 Å². The number of hydrogen-bond acceptors (Lipinski definition) is 5. The zero-order chi connectivity index (χ0) is 15.8. The van der Waals surface area contributed by atoms with E-state index >= 15 is 0 Å². The molecule has 1 atom stereocenters. The van der Waals surface area contributed by atoms with Crippen molar-refractivity contribution in [2.75, 3.05) is 13.7 Å². The van der Waals surface area contributed by atoms with Crippen molar-refractivity contribution in [3.8, 4) is 0 Å². The van der Waals surface area contributed by atoms with Crippen LogP contribution in [0.25, 0.3) is 0 Å². The number of phosphoric acid groups is 2. The van der Waals surface area contributed by atoms with E-state index < -0.39 is 15.6 Å². The van der Waals surface area contributed by atoms with Crippen LogP contribution in [-0.4, -0.2) is 23.5 Å². The fraction of sp³-hybridized carbons (Fsp3) is 0.636. The summed E-state index contributed by atoms with van der Waals surface area (Å²) in [6.45, 7) is 5.78. The number of rotatable bonds is 9. The monoisotopic (exact) mass is 328 g/mol. The van der Waals surface area contributed by atoms with Gasteiger partial charge in [0, 0.05) is 7.11 Å². The summed E-state index contributed by atoms with van der Waals surface area (Å²) in [5.74, 6) is 0. The minimum absolute atomic E-state index is 0.119. The third kappa shape index (κ3) is 10.5. The molecule has 0 aromatic carbocycles. The molecule has 0 saturated carbocycles. The van der Waals surface area contributed by atoms with E-state index in [9.17, 15) is 9.13 Å². The van der Waals surface area contributed by atoms with Gasteiger partial charge in [-0.3, -0.25) is 9.05 Å². The summed E-state index contributed by atoms with van der Waals surface area (Å²) in [6, 6.07) is 0. The fourth-order valence-electron chi connectivity index (χ4n) is 1.20. The first-order valence-corrected chi connectivity index (χ1v) is 8.93. The second kappa shape index (κ2) is 8.90. The van der Waals surface area contributed by atoms with Crippen molar-refractivity contribution in [3.63, 3.8) is 0 Å². The summed E-state index contributed by atoms with van der Waals surface area (Å²) in [7, 11) is -8.19. The SMILES string of the molecule is COP(=O)(OC/C=C(\C)CCC=C(C)C)OP(=O)(O)O. The lowest BCUT2D eigenvalue weighted by molar-refractivity contribution is 0.170. The molecule has 20 heavy (non-hydrogen) atoms. The number of hydrogen-bond donors (Lipinski definition) is 2. The summed E-state index contributed by atoms with van der Waals surface area (Å²) in [5, 5.41) is 0. The van der Waals surface area contributed by atoms with Crippen LogP contribution in [0.1, 0.15) is 33.6 Å². The minimum atomic E-state index is -4.94. The van der Waals surface area contributed by atoms with Gasteiger partial charge in [-0.05, 0) is 33.6 Å². The normalized spacial score (nSPS) is 15.8. The van der Waals surface area contributed by atoms with Gasteiger partial charge in [0.25, 0.3) is 0 Å². The second-order valence-electron chi connectivity index (χ2n) is 4.37. The predicted octanol–water partition coefficient (Wildman–Crippen LogP) is 3.56. The summed E-state index contributed by atoms with van der Waals surface area (Å²) in [4.78, 5) is 17.2. The Morgan fingerprint density at radius 3 is 2.20 bits per heavy atom. The van der Waals surface area contributed by atoms with Gasteiger partial charge in [0.1, 0.15) is 0 Å². The highest BCUT2D eigenvalue weighted by molar-refractivity contribution is 7.61. The molecule has 0 heterocycles. The Labute approximate surface area is 119 Å². The van der Waals surface area contributed by atoms with Gasteiger partial charge in [0.05, 0.1) is 6.61 Å². The van der Waals surface area contributed by atoms with E-state index in [0.29, 0.717) is 0 Å². The van der Waals surface area contributed by atoms with Crippen LogP contribution in [-0.2, 0) is 22.5 Å². The molecule has 0 aromatic heterocycles. The van der Waals surface area contributed by atoms with Crippen molar-refractivity contribution in [2.45, 2.75) is 33.6 Å². The molecule has 118 valence electrons. The van der Waals surface area contributed by atoms with Gasteiger partial charge < -0.3 is 9.79 Å². The van der Waals surface area contributed by atoms with Crippen molar-refractivity contribution in [2.24, 2.45) is 0 Å². The lowest BCUT2D eigenvalue weighted by Crippen LogP contribution is -1.97. The topological polar surface area (TPSA) is 102 Å². The first-order valence-electron chi connectivity index (χ1n) is 5.94. The van der Waals surface area contributed by atoms with Gasteiger partial charge >= 0.3 is 15.6 Å². The summed E-state index contributed by atoms with van der Waals surface area (Å²) in [5.41, 5.74) is 2.23. The minimum Gasteiger partial charge on any atom is -0.302 e. The Morgan fingerprint density at radius 2 is 1.75 bits per heavy atom. The van der Waals surface area contributed by atoms with Crippen LogP contribution < -0.4 is 0 Å². The lowest BCUT2D eigenvalue weighted by atomic mass is 10.1. The molecule has 0 fully saturated rings. The maximum atomic E-state index is 11.7. The van der Waals surface area contributed by atoms with Crippen molar-refractivity contribution >= 4 is 15.6 Å². The molecule has 7 nitrogen and oxygen atoms in total. The third-order valence-corrected chi connectivity index (χ3v) is 4.75. The van der Waals surface area contributed by atoms with Crippen LogP contribution >= 0.6 is 15.6 Å². The standard InChI is InChI=1S/C11H22O7P2/c1-10(2)6-5-7-11(3)8-9-17-20(15,16-4)18-19(12,13)14/h6,8H,5,7,9H2,1-4H3,(H2,12,13,14)/b11-8+. The molecule has 9 heteroatoms. The third-order valence-electron chi connectivity index (χ3n) is 2.19. The van der Waals surface area contributed by atoms with Crippen molar-refractivity contribution in [1.82, 2.24) is 0 Å². The predicted molar refractivity (Wildman–Crippen MR) is 76.1 cm³/mol. The molecule has 0 bridgehead atoms. The largest absolute Gasteiger partial charge is 0.483 e. The summed E-state index contributed by atoms with van der Waals surface area (Å²) in [6.07, 6.45) is 5.44. The van der Waals surface area contributed by atoms with Crippen LogP contribution in [0.15, 0.2) is 23.3 Å². The summed E-state index contributed by atoms with van der Waals surface area (Å²) < 4.78 is 35.5. The van der Waals surface area contributed by atoms with E-state index in [1.807, 2.05) is 20.8 Å². The lowest BCUT2D eigenvalue weighted by Gasteiger charge is -2.15. The highest BCUT2D eigenvalue weighted by Gasteiger charge is 2.34. The van der Waals surface area contributed by atoms with Crippen molar-refractivity contribution in [1.29, 1.82) is 0 Å². The van der Waals surface area contributed by atoms with E-state index in [1.54, 1.807) is 6.08 Å². The quantitative estimate of drug-likeness (QED) is 0.493. The first-order chi connectivity index (χ1) is 9.08. The molecule has 0 aliphatic carbocycles. The molecule has 0 rings (SSSR count). The van der Waals surface area contributed by atoms with E-state index in [-0.39, 0.29) is 6.61 Å². The zero-order valence-corrected chi connectivity index (χ0v) is 13.9. The average Bonchev–Trinajstić information content (AvgIpc) is 2.26. The van der Waals surface area contributed by atoms with Crippen LogP contribution in [0.3, 0.4) is 0 Å². The molecule has 0 saturated heterocycles.